The van der Waals surface area contributed by atoms with Crippen LogP contribution < -0.4 is 4.90 Å². The van der Waals surface area contributed by atoms with Gasteiger partial charge in [0.15, 0.2) is 0 Å². The molecule has 12 heteroatoms. The largest absolute Gasteiger partial charge is 0.481 e. The first-order chi connectivity index (χ1) is 14.6. The minimum atomic E-state index is -4.24. The van der Waals surface area contributed by atoms with E-state index in [2.05, 4.69) is 15.0 Å². The predicted molar refractivity (Wildman–Crippen MR) is 108 cm³/mol. The quantitative estimate of drug-likeness (QED) is 0.499. The molecule has 2 aromatic rings. The van der Waals surface area contributed by atoms with Gasteiger partial charge in [0, 0.05) is 25.9 Å². The third kappa shape index (κ3) is 8.99. The van der Waals surface area contributed by atoms with E-state index in [-0.39, 0.29) is 17.5 Å². The summed E-state index contributed by atoms with van der Waals surface area (Å²) in [6, 6.07) is 5.83. The molecular weight excluding hydrogens is 428 g/mol. The Morgan fingerprint density at radius 1 is 1.06 bits per heavy atom. The zero-order chi connectivity index (χ0) is 23.4. The maximum Gasteiger partial charge on any atom is 0.373 e. The van der Waals surface area contributed by atoms with Crippen LogP contribution in [0.1, 0.15) is 43.9 Å². The molecule has 1 heterocycles. The Kier molecular flexibility index (Phi) is 10.4. The molecule has 1 aromatic heterocycles. The SMILES string of the molecule is CCCc1nc(Cc2ccc(S(=O)(=O)O)cc2)nc(N(CC)CCC(=O)O)n1.O=C=O. The standard InChI is InChI=1S/C18H24N4O5S.CO2/c1-3-5-15-19-16(12-13-6-8-14(9-7-13)28(25,26)27)21-18(20-15)22(4-2)11-10-17(23)24;2-1-3/h6-9H,3-5,10-12H2,1-2H3,(H,23,24)(H,25,26,27);. The molecule has 0 bridgehead atoms. The number of aliphatic carboxylic acids is 1. The van der Waals surface area contributed by atoms with Crippen LogP contribution >= 0.6 is 0 Å². The normalized spacial score (nSPS) is 10.5. The number of aromatic nitrogens is 3. The van der Waals surface area contributed by atoms with E-state index in [0.29, 0.717) is 43.5 Å². The topological polar surface area (TPSA) is 168 Å². The summed E-state index contributed by atoms with van der Waals surface area (Å²) < 4.78 is 31.4. The van der Waals surface area contributed by atoms with Crippen LogP contribution in [0, 0.1) is 0 Å². The lowest BCUT2D eigenvalue weighted by Crippen LogP contribution is -2.28. The predicted octanol–water partition coefficient (Wildman–Crippen LogP) is 1.38. The number of aryl methyl sites for hydroxylation is 1. The Labute approximate surface area is 179 Å². The van der Waals surface area contributed by atoms with Crippen LogP contribution in [0.4, 0.5) is 5.95 Å². The van der Waals surface area contributed by atoms with Crippen molar-refractivity contribution >= 4 is 28.2 Å². The summed E-state index contributed by atoms with van der Waals surface area (Å²) in [6.07, 6.45) is 2.11. The number of carboxylic acids is 1. The molecule has 168 valence electrons. The monoisotopic (exact) mass is 452 g/mol. The smallest absolute Gasteiger partial charge is 0.373 e. The molecule has 2 N–H and O–H groups in total. The minimum absolute atomic E-state index is 0.0188. The fourth-order valence-electron chi connectivity index (χ4n) is 2.60. The highest BCUT2D eigenvalue weighted by Crippen LogP contribution is 2.15. The Hall–Kier alpha value is -3.21. The Morgan fingerprint density at radius 2 is 1.65 bits per heavy atom. The number of benzene rings is 1. The summed E-state index contributed by atoms with van der Waals surface area (Å²) in [5, 5.41) is 8.93. The van der Waals surface area contributed by atoms with Crippen LogP contribution in [0.15, 0.2) is 29.2 Å². The Balaban J connectivity index is 0.00000151. The second-order valence-electron chi connectivity index (χ2n) is 6.32. The van der Waals surface area contributed by atoms with Gasteiger partial charge in [0.25, 0.3) is 10.1 Å². The van der Waals surface area contributed by atoms with Gasteiger partial charge in [-0.25, -0.2) is 4.98 Å². The first-order valence-electron chi connectivity index (χ1n) is 9.40. The molecule has 0 saturated carbocycles. The van der Waals surface area contributed by atoms with Gasteiger partial charge in [-0.3, -0.25) is 9.35 Å². The lowest BCUT2D eigenvalue weighted by molar-refractivity contribution is -0.191. The molecule has 0 aliphatic carbocycles. The molecule has 0 saturated heterocycles. The molecule has 0 aliphatic rings. The second-order valence-corrected chi connectivity index (χ2v) is 7.74. The highest BCUT2D eigenvalue weighted by molar-refractivity contribution is 7.85. The Bertz CT molecular complexity index is 1000. The summed E-state index contributed by atoms with van der Waals surface area (Å²) in [5.74, 6) is 0.694. The maximum atomic E-state index is 11.2. The van der Waals surface area contributed by atoms with Gasteiger partial charge in [0.1, 0.15) is 11.6 Å². The minimum Gasteiger partial charge on any atom is -0.481 e. The van der Waals surface area contributed by atoms with Gasteiger partial charge in [-0.15, -0.1) is 0 Å². The van der Waals surface area contributed by atoms with Gasteiger partial charge in [-0.05, 0) is 31.0 Å². The lowest BCUT2D eigenvalue weighted by Gasteiger charge is -2.20. The van der Waals surface area contributed by atoms with E-state index in [1.54, 1.807) is 17.0 Å². The molecule has 0 unspecified atom stereocenters. The van der Waals surface area contributed by atoms with Gasteiger partial charge in [0.05, 0.1) is 11.3 Å². The van der Waals surface area contributed by atoms with Crippen LogP contribution in [-0.2, 0) is 37.3 Å². The van der Waals surface area contributed by atoms with E-state index in [4.69, 9.17) is 19.2 Å². The summed E-state index contributed by atoms with van der Waals surface area (Å²) >= 11 is 0. The zero-order valence-corrected chi connectivity index (χ0v) is 18.0. The summed E-state index contributed by atoms with van der Waals surface area (Å²) in [6.45, 7) is 4.77. The van der Waals surface area contributed by atoms with Crippen LogP contribution in [0.2, 0.25) is 0 Å². The summed E-state index contributed by atoms with van der Waals surface area (Å²) in [7, 11) is -4.24. The van der Waals surface area contributed by atoms with Crippen molar-refractivity contribution in [1.82, 2.24) is 15.0 Å². The molecule has 0 amide bonds. The van der Waals surface area contributed by atoms with Crippen molar-refractivity contribution in [2.75, 3.05) is 18.0 Å². The van der Waals surface area contributed by atoms with Crippen molar-refractivity contribution in [3.63, 3.8) is 0 Å². The van der Waals surface area contributed by atoms with Gasteiger partial charge in [-0.1, -0.05) is 19.1 Å². The first-order valence-corrected chi connectivity index (χ1v) is 10.8. The van der Waals surface area contributed by atoms with Crippen LogP contribution in [-0.4, -0.2) is 58.2 Å². The molecule has 1 aromatic carbocycles. The first kappa shape index (κ1) is 25.8. The number of anilines is 1. The van der Waals surface area contributed by atoms with Gasteiger partial charge in [-0.2, -0.15) is 28.0 Å². The van der Waals surface area contributed by atoms with Gasteiger partial charge >= 0.3 is 12.1 Å². The third-order valence-electron chi connectivity index (χ3n) is 4.03. The molecule has 2 rings (SSSR count). The summed E-state index contributed by atoms with van der Waals surface area (Å²) in [5.41, 5.74) is 0.778. The van der Waals surface area contributed by atoms with Crippen LogP contribution in [0.3, 0.4) is 0 Å². The van der Waals surface area contributed by atoms with E-state index in [0.717, 1.165) is 12.0 Å². The molecular formula is C19H24N4O7S. The van der Waals surface area contributed by atoms with Crippen molar-refractivity contribution in [1.29, 1.82) is 0 Å². The van der Waals surface area contributed by atoms with Gasteiger partial charge < -0.3 is 10.0 Å². The van der Waals surface area contributed by atoms with Crippen molar-refractivity contribution in [3.05, 3.63) is 41.5 Å². The molecule has 0 radical (unpaired) electrons. The molecule has 0 aliphatic heterocycles. The lowest BCUT2D eigenvalue weighted by atomic mass is 10.1. The highest BCUT2D eigenvalue weighted by atomic mass is 32.2. The fraction of sp³-hybridized carbons (Fsp3) is 0.421. The van der Waals surface area contributed by atoms with Crippen LogP contribution in [0.25, 0.3) is 0 Å². The molecule has 0 spiro atoms. The number of hydrogen-bond donors (Lipinski definition) is 2. The fourth-order valence-corrected chi connectivity index (χ4v) is 3.08. The molecule has 0 fully saturated rings. The van der Waals surface area contributed by atoms with E-state index in [1.807, 2.05) is 13.8 Å². The van der Waals surface area contributed by atoms with E-state index < -0.39 is 16.1 Å². The molecule has 11 nitrogen and oxygen atoms in total. The third-order valence-corrected chi connectivity index (χ3v) is 4.90. The van der Waals surface area contributed by atoms with Crippen molar-refractivity contribution in [2.45, 2.75) is 44.4 Å². The van der Waals surface area contributed by atoms with E-state index >= 15 is 0 Å². The average molecular weight is 452 g/mol. The van der Waals surface area contributed by atoms with Crippen molar-refractivity contribution in [2.24, 2.45) is 0 Å². The van der Waals surface area contributed by atoms with Crippen molar-refractivity contribution < 1.29 is 32.5 Å². The van der Waals surface area contributed by atoms with E-state index in [9.17, 15) is 13.2 Å². The number of carboxylic acid groups (broad SMARTS) is 1. The number of rotatable bonds is 10. The number of hydrogen-bond acceptors (Lipinski definition) is 9. The maximum absolute atomic E-state index is 11.2. The van der Waals surface area contributed by atoms with Gasteiger partial charge in [0.2, 0.25) is 5.95 Å². The number of carbonyl (C=O) groups excluding carboxylic acids is 2. The van der Waals surface area contributed by atoms with Crippen LogP contribution in [0.5, 0.6) is 0 Å². The number of carbonyl (C=O) groups is 1. The van der Waals surface area contributed by atoms with E-state index in [1.165, 1.54) is 12.1 Å². The number of nitrogens with zero attached hydrogens (tertiary/aromatic N) is 4. The molecule has 31 heavy (non-hydrogen) atoms. The second kappa shape index (κ2) is 12.5. The van der Waals surface area contributed by atoms with Crippen molar-refractivity contribution in [3.8, 4) is 0 Å². The Morgan fingerprint density at radius 3 is 2.13 bits per heavy atom. The zero-order valence-electron chi connectivity index (χ0n) is 17.2. The summed E-state index contributed by atoms with van der Waals surface area (Å²) in [4.78, 5) is 42.2. The average Bonchev–Trinajstić information content (AvgIpc) is 2.69. The highest BCUT2D eigenvalue weighted by Gasteiger charge is 2.14. The molecule has 0 atom stereocenters.